The van der Waals surface area contributed by atoms with Gasteiger partial charge in [-0.15, -0.1) is 0 Å². The fraction of sp³-hybridized carbons (Fsp3) is 0.917. The van der Waals surface area contributed by atoms with E-state index in [-0.39, 0.29) is 11.6 Å². The minimum Gasteiger partial charge on any atom is -0.453 e. The number of amides is 1. The summed E-state index contributed by atoms with van der Waals surface area (Å²) in [5, 5.41) is 6.25. The Labute approximate surface area is 99.1 Å². The highest BCUT2D eigenvalue weighted by molar-refractivity contribution is 5.66. The normalized spacial score (nSPS) is 11.2. The first kappa shape index (κ1) is 15.2. The molecule has 4 heteroatoms. The van der Waals surface area contributed by atoms with Gasteiger partial charge in [-0.3, -0.25) is 0 Å². The van der Waals surface area contributed by atoms with Gasteiger partial charge >= 0.3 is 6.09 Å². The molecule has 1 amide bonds. The highest BCUT2D eigenvalue weighted by Gasteiger charge is 2.21. The molecule has 0 aromatic heterocycles. The summed E-state index contributed by atoms with van der Waals surface area (Å²) in [6.45, 7) is 8.23. The fourth-order valence-corrected chi connectivity index (χ4v) is 1.83. The number of hydrogen-bond donors (Lipinski definition) is 2. The molecule has 0 heterocycles. The third-order valence-electron chi connectivity index (χ3n) is 3.34. The quantitative estimate of drug-likeness (QED) is 0.629. The maximum atomic E-state index is 10.8. The molecule has 96 valence electrons. The number of carbonyl (C=O) groups is 1. The van der Waals surface area contributed by atoms with Gasteiger partial charge in [0.05, 0.1) is 7.11 Å². The Balaban J connectivity index is 3.67. The van der Waals surface area contributed by atoms with Gasteiger partial charge in [-0.1, -0.05) is 20.8 Å². The molecule has 0 rings (SSSR count). The van der Waals surface area contributed by atoms with Crippen LogP contribution in [0.3, 0.4) is 0 Å². The molecule has 0 aromatic carbocycles. The van der Waals surface area contributed by atoms with Crippen molar-refractivity contribution in [3.05, 3.63) is 0 Å². The van der Waals surface area contributed by atoms with Crippen LogP contribution in [-0.4, -0.2) is 31.8 Å². The van der Waals surface area contributed by atoms with Crippen molar-refractivity contribution in [3.63, 3.8) is 0 Å². The molecule has 4 nitrogen and oxygen atoms in total. The average Bonchev–Trinajstić information content (AvgIpc) is 2.34. The Morgan fingerprint density at radius 2 is 1.69 bits per heavy atom. The molecule has 0 aliphatic heterocycles. The van der Waals surface area contributed by atoms with Crippen LogP contribution >= 0.6 is 0 Å². The van der Waals surface area contributed by atoms with Gasteiger partial charge in [-0.2, -0.15) is 0 Å². The smallest absolute Gasteiger partial charge is 0.406 e. The van der Waals surface area contributed by atoms with Crippen molar-refractivity contribution in [2.45, 2.75) is 52.0 Å². The lowest BCUT2D eigenvalue weighted by molar-refractivity contribution is 0.170. The molecular weight excluding hydrogens is 204 g/mol. The predicted octanol–water partition coefficient (Wildman–Crippen LogP) is 2.29. The van der Waals surface area contributed by atoms with Gasteiger partial charge in [0.15, 0.2) is 0 Å². The van der Waals surface area contributed by atoms with Crippen LogP contribution in [0.25, 0.3) is 0 Å². The first-order valence-corrected chi connectivity index (χ1v) is 6.21. The first-order valence-electron chi connectivity index (χ1n) is 6.21. The second-order valence-electron chi connectivity index (χ2n) is 4.04. The molecule has 0 saturated carbocycles. The fourth-order valence-electron chi connectivity index (χ4n) is 1.83. The molecule has 0 atom stereocenters. The summed E-state index contributed by atoms with van der Waals surface area (Å²) in [6.07, 6.45) is 4.00. The first-order chi connectivity index (χ1) is 7.64. The molecule has 0 fully saturated rings. The maximum Gasteiger partial charge on any atom is 0.406 e. The van der Waals surface area contributed by atoms with E-state index >= 15 is 0 Å². The summed E-state index contributed by atoms with van der Waals surface area (Å²) >= 11 is 0. The Kier molecular flexibility index (Phi) is 7.99. The summed E-state index contributed by atoms with van der Waals surface area (Å²) in [7, 11) is 1.38. The number of rotatable bonds is 8. The van der Waals surface area contributed by atoms with E-state index in [1.807, 2.05) is 0 Å². The average molecular weight is 230 g/mol. The Hall–Kier alpha value is -0.770. The molecule has 0 unspecified atom stereocenters. The summed E-state index contributed by atoms with van der Waals surface area (Å²) < 4.78 is 4.49. The zero-order chi connectivity index (χ0) is 12.4. The van der Waals surface area contributed by atoms with Gasteiger partial charge in [0, 0.05) is 12.1 Å². The SMILES string of the molecule is CCC(CC)(CC)NCCCNC(=O)OC. The zero-order valence-corrected chi connectivity index (χ0v) is 11.1. The molecule has 0 radical (unpaired) electrons. The lowest BCUT2D eigenvalue weighted by Gasteiger charge is -2.32. The minimum absolute atomic E-state index is 0.269. The van der Waals surface area contributed by atoms with E-state index in [1.165, 1.54) is 7.11 Å². The Morgan fingerprint density at radius 1 is 1.12 bits per heavy atom. The monoisotopic (exact) mass is 230 g/mol. The van der Waals surface area contributed by atoms with Gasteiger partial charge in [0.1, 0.15) is 0 Å². The Morgan fingerprint density at radius 3 is 2.12 bits per heavy atom. The molecule has 0 saturated heterocycles. The molecule has 0 aliphatic carbocycles. The van der Waals surface area contributed by atoms with Gasteiger partial charge in [0.25, 0.3) is 0 Å². The van der Waals surface area contributed by atoms with Crippen LogP contribution in [-0.2, 0) is 4.74 Å². The van der Waals surface area contributed by atoms with Crippen molar-refractivity contribution in [2.75, 3.05) is 20.2 Å². The molecule has 16 heavy (non-hydrogen) atoms. The summed E-state index contributed by atoms with van der Waals surface area (Å²) in [6, 6.07) is 0. The lowest BCUT2D eigenvalue weighted by Crippen LogP contribution is -2.44. The van der Waals surface area contributed by atoms with Crippen LogP contribution in [0.5, 0.6) is 0 Å². The molecule has 0 spiro atoms. The summed E-state index contributed by atoms with van der Waals surface area (Å²) in [4.78, 5) is 10.8. The van der Waals surface area contributed by atoms with E-state index < -0.39 is 0 Å². The van der Waals surface area contributed by atoms with E-state index in [1.54, 1.807) is 0 Å². The molecular formula is C12H26N2O2. The number of methoxy groups -OCH3 is 1. The minimum atomic E-state index is -0.354. The highest BCUT2D eigenvalue weighted by Crippen LogP contribution is 2.18. The van der Waals surface area contributed by atoms with Crippen molar-refractivity contribution in [1.82, 2.24) is 10.6 Å². The number of alkyl carbamates (subject to hydrolysis) is 1. The van der Waals surface area contributed by atoms with E-state index in [2.05, 4.69) is 36.1 Å². The maximum absolute atomic E-state index is 10.8. The van der Waals surface area contributed by atoms with Crippen LogP contribution in [0.2, 0.25) is 0 Å². The van der Waals surface area contributed by atoms with Gasteiger partial charge in [-0.25, -0.2) is 4.79 Å². The van der Waals surface area contributed by atoms with Crippen LogP contribution in [0.4, 0.5) is 4.79 Å². The van der Waals surface area contributed by atoms with Crippen molar-refractivity contribution in [2.24, 2.45) is 0 Å². The van der Waals surface area contributed by atoms with Crippen molar-refractivity contribution < 1.29 is 9.53 Å². The largest absolute Gasteiger partial charge is 0.453 e. The van der Waals surface area contributed by atoms with Crippen LogP contribution in [0.15, 0.2) is 0 Å². The molecule has 0 aromatic rings. The third kappa shape index (κ3) is 5.35. The molecule has 0 aliphatic rings. The number of carbonyl (C=O) groups excluding carboxylic acids is 1. The number of hydrogen-bond acceptors (Lipinski definition) is 3. The second-order valence-corrected chi connectivity index (χ2v) is 4.04. The van der Waals surface area contributed by atoms with E-state index in [0.29, 0.717) is 6.54 Å². The van der Waals surface area contributed by atoms with Gasteiger partial charge < -0.3 is 15.4 Å². The standard InChI is InChI=1S/C12H26N2O2/c1-5-12(6-2,7-3)14-10-8-9-13-11(15)16-4/h14H,5-10H2,1-4H3,(H,13,15). The van der Waals surface area contributed by atoms with E-state index in [9.17, 15) is 4.79 Å². The zero-order valence-electron chi connectivity index (χ0n) is 11.1. The number of ether oxygens (including phenoxy) is 1. The third-order valence-corrected chi connectivity index (χ3v) is 3.34. The molecule has 0 bridgehead atoms. The topological polar surface area (TPSA) is 50.4 Å². The number of nitrogens with one attached hydrogen (secondary N) is 2. The van der Waals surface area contributed by atoms with Gasteiger partial charge in [-0.05, 0) is 32.2 Å². The second kappa shape index (κ2) is 8.39. The van der Waals surface area contributed by atoms with Crippen molar-refractivity contribution >= 4 is 6.09 Å². The Bertz CT molecular complexity index is 183. The van der Waals surface area contributed by atoms with Crippen LogP contribution < -0.4 is 10.6 Å². The predicted molar refractivity (Wildman–Crippen MR) is 66.6 cm³/mol. The van der Waals surface area contributed by atoms with Crippen molar-refractivity contribution in [1.29, 1.82) is 0 Å². The van der Waals surface area contributed by atoms with Crippen LogP contribution in [0.1, 0.15) is 46.5 Å². The van der Waals surface area contributed by atoms with E-state index in [0.717, 1.165) is 32.2 Å². The van der Waals surface area contributed by atoms with Crippen LogP contribution in [0, 0.1) is 0 Å². The lowest BCUT2D eigenvalue weighted by atomic mass is 9.90. The van der Waals surface area contributed by atoms with E-state index in [4.69, 9.17) is 0 Å². The van der Waals surface area contributed by atoms with Crippen molar-refractivity contribution in [3.8, 4) is 0 Å². The van der Waals surface area contributed by atoms with Gasteiger partial charge in [0.2, 0.25) is 0 Å². The molecule has 2 N–H and O–H groups in total. The summed E-state index contributed by atoms with van der Waals surface area (Å²) in [5.74, 6) is 0. The highest BCUT2D eigenvalue weighted by atomic mass is 16.5. The summed E-state index contributed by atoms with van der Waals surface area (Å²) in [5.41, 5.74) is 0.269.